The van der Waals surface area contributed by atoms with Crippen LogP contribution in [0.15, 0.2) is 94.2 Å². The number of hydrogen-bond acceptors (Lipinski definition) is 8. The molecule has 222 valence electrons. The van der Waals surface area contributed by atoms with Crippen LogP contribution in [0.25, 0.3) is 11.3 Å². The van der Waals surface area contributed by atoms with E-state index in [9.17, 15) is 23.6 Å². The average molecular weight is 612 g/mol. The molecular formula is C33H26FN3O6S. The summed E-state index contributed by atoms with van der Waals surface area (Å²) >= 11 is 1.01. The third-order valence-electron chi connectivity index (χ3n) is 7.28. The summed E-state index contributed by atoms with van der Waals surface area (Å²) in [4.78, 5) is 60.6. The Morgan fingerprint density at radius 2 is 1.59 bits per heavy atom. The van der Waals surface area contributed by atoms with Gasteiger partial charge in [-0.2, -0.15) is 0 Å². The van der Waals surface area contributed by atoms with Crippen molar-refractivity contribution < 1.29 is 28.2 Å². The number of thiazole rings is 1. The molecule has 44 heavy (non-hydrogen) atoms. The van der Waals surface area contributed by atoms with Crippen LogP contribution in [0.2, 0.25) is 0 Å². The Bertz CT molecular complexity index is 2010. The molecule has 3 heterocycles. The molecule has 3 aromatic carbocycles. The van der Waals surface area contributed by atoms with Gasteiger partial charge in [-0.1, -0.05) is 72.0 Å². The standard InChI is InChI=1S/C33H26FN3O6S/c1-3-42-24(38)18-36-23-13-9-8-12-22(23)25(30(36)39)29-31(40)37-28(20-14-16-21(34)17-15-20)26(32(41)43-4-2)27(35-33(37)44-29)19-10-6-5-7-11-19/h5-17,28H,3-4,18H2,1-2H3/b29-25+/t28-/m1/s1. The minimum atomic E-state index is -1.03. The number of esters is 2. The van der Waals surface area contributed by atoms with E-state index >= 15 is 0 Å². The van der Waals surface area contributed by atoms with Crippen LogP contribution in [-0.2, 0) is 23.9 Å². The van der Waals surface area contributed by atoms with Gasteiger partial charge in [0.05, 0.1) is 41.8 Å². The quantitative estimate of drug-likeness (QED) is 0.297. The van der Waals surface area contributed by atoms with Crippen molar-refractivity contribution in [1.29, 1.82) is 0 Å². The molecule has 6 rings (SSSR count). The largest absolute Gasteiger partial charge is 0.465 e. The highest BCUT2D eigenvalue weighted by Gasteiger charge is 2.39. The van der Waals surface area contributed by atoms with E-state index in [0.29, 0.717) is 28.1 Å². The number of para-hydroxylation sites is 1. The maximum absolute atomic E-state index is 14.4. The summed E-state index contributed by atoms with van der Waals surface area (Å²) in [5, 5.41) is 0. The Hall–Kier alpha value is -5.16. The number of ether oxygens (including phenoxy) is 2. The van der Waals surface area contributed by atoms with Gasteiger partial charge in [0.15, 0.2) is 4.80 Å². The lowest BCUT2D eigenvalue weighted by Gasteiger charge is -2.25. The SMILES string of the molecule is CCOC(=O)CN1C(=O)/C(=c2/sc3n(c2=O)[C@H](c2ccc(F)cc2)C(C(=O)OCC)=C(c2ccccc2)N=3)c2ccccc21. The summed E-state index contributed by atoms with van der Waals surface area (Å²) in [6.07, 6.45) is 0. The molecule has 0 radical (unpaired) electrons. The minimum Gasteiger partial charge on any atom is -0.465 e. The van der Waals surface area contributed by atoms with E-state index < -0.39 is 35.3 Å². The van der Waals surface area contributed by atoms with E-state index in [-0.39, 0.29) is 40.2 Å². The zero-order valence-corrected chi connectivity index (χ0v) is 24.6. The zero-order valence-electron chi connectivity index (χ0n) is 23.8. The van der Waals surface area contributed by atoms with Crippen LogP contribution in [-0.4, -0.2) is 42.2 Å². The van der Waals surface area contributed by atoms with Crippen molar-refractivity contribution in [2.75, 3.05) is 24.7 Å². The van der Waals surface area contributed by atoms with Gasteiger partial charge >= 0.3 is 11.9 Å². The molecule has 9 nitrogen and oxygen atoms in total. The molecule has 0 spiro atoms. The van der Waals surface area contributed by atoms with Gasteiger partial charge in [-0.3, -0.25) is 23.9 Å². The first-order valence-electron chi connectivity index (χ1n) is 14.0. The lowest BCUT2D eigenvalue weighted by molar-refractivity contribution is -0.142. The first kappa shape index (κ1) is 28.9. The number of carbonyl (C=O) groups is 3. The second kappa shape index (κ2) is 11.8. The monoisotopic (exact) mass is 611 g/mol. The van der Waals surface area contributed by atoms with Crippen LogP contribution < -0.4 is 19.8 Å². The number of fused-ring (bicyclic) bond motifs is 2. The maximum atomic E-state index is 14.4. The van der Waals surface area contributed by atoms with Crippen molar-refractivity contribution in [3.63, 3.8) is 0 Å². The van der Waals surface area contributed by atoms with Crippen molar-refractivity contribution in [2.45, 2.75) is 19.9 Å². The second-order valence-electron chi connectivity index (χ2n) is 9.89. The summed E-state index contributed by atoms with van der Waals surface area (Å²) in [6, 6.07) is 20.4. The topological polar surface area (TPSA) is 107 Å². The summed E-state index contributed by atoms with van der Waals surface area (Å²) in [5.74, 6) is -2.27. The molecule has 2 aliphatic heterocycles. The molecule has 0 unspecified atom stereocenters. The van der Waals surface area contributed by atoms with Crippen molar-refractivity contribution in [3.8, 4) is 0 Å². The van der Waals surface area contributed by atoms with Crippen molar-refractivity contribution in [2.24, 2.45) is 4.99 Å². The summed E-state index contributed by atoms with van der Waals surface area (Å²) < 4.78 is 26.0. The molecule has 11 heteroatoms. The van der Waals surface area contributed by atoms with Crippen LogP contribution in [0, 0.1) is 5.82 Å². The van der Waals surface area contributed by atoms with Crippen LogP contribution in [0.5, 0.6) is 0 Å². The number of aromatic nitrogens is 1. The number of halogens is 1. The third-order valence-corrected chi connectivity index (χ3v) is 8.33. The van der Waals surface area contributed by atoms with Gasteiger partial charge < -0.3 is 9.47 Å². The van der Waals surface area contributed by atoms with Crippen LogP contribution in [0.4, 0.5) is 10.1 Å². The van der Waals surface area contributed by atoms with E-state index in [1.807, 2.05) is 6.07 Å². The van der Waals surface area contributed by atoms with E-state index in [4.69, 9.17) is 14.5 Å². The third kappa shape index (κ3) is 4.94. The Kier molecular flexibility index (Phi) is 7.79. The Morgan fingerprint density at radius 1 is 0.909 bits per heavy atom. The summed E-state index contributed by atoms with van der Waals surface area (Å²) in [7, 11) is 0. The molecule has 4 aromatic rings. The lowest BCUT2D eigenvalue weighted by atomic mass is 9.93. The predicted molar refractivity (Wildman–Crippen MR) is 162 cm³/mol. The number of benzene rings is 3. The van der Waals surface area contributed by atoms with Gasteiger partial charge in [-0.05, 0) is 37.6 Å². The van der Waals surface area contributed by atoms with Gasteiger partial charge in [-0.15, -0.1) is 0 Å². The van der Waals surface area contributed by atoms with Crippen molar-refractivity contribution in [1.82, 2.24) is 4.57 Å². The molecule has 1 aromatic heterocycles. The molecular weight excluding hydrogens is 585 g/mol. The first-order chi connectivity index (χ1) is 21.3. The average Bonchev–Trinajstić information content (AvgIpc) is 3.49. The van der Waals surface area contributed by atoms with Crippen LogP contribution >= 0.6 is 11.3 Å². The number of anilines is 1. The zero-order chi connectivity index (χ0) is 31.0. The normalized spacial score (nSPS) is 16.8. The van der Waals surface area contributed by atoms with Crippen molar-refractivity contribution in [3.05, 3.63) is 127 Å². The molecule has 0 saturated carbocycles. The molecule has 0 bridgehead atoms. The smallest absolute Gasteiger partial charge is 0.338 e. The Balaban J connectivity index is 1.65. The fraction of sp³-hybridized carbons (Fsp3) is 0.182. The van der Waals surface area contributed by atoms with Crippen LogP contribution in [0.3, 0.4) is 0 Å². The molecule has 2 aliphatic rings. The molecule has 0 fully saturated rings. The predicted octanol–water partition coefficient (Wildman–Crippen LogP) is 3.35. The molecule has 1 atom stereocenters. The molecule has 0 N–H and O–H groups in total. The highest BCUT2D eigenvalue weighted by Crippen LogP contribution is 2.37. The van der Waals surface area contributed by atoms with Gasteiger partial charge in [0, 0.05) is 11.1 Å². The van der Waals surface area contributed by atoms with E-state index in [2.05, 4.69) is 0 Å². The summed E-state index contributed by atoms with van der Waals surface area (Å²) in [6.45, 7) is 3.26. The second-order valence-corrected chi connectivity index (χ2v) is 10.9. The van der Waals surface area contributed by atoms with E-state index in [1.165, 1.54) is 33.7 Å². The fourth-order valence-electron chi connectivity index (χ4n) is 5.44. The molecule has 0 saturated heterocycles. The number of amides is 1. The Labute approximate surface area is 254 Å². The highest BCUT2D eigenvalue weighted by atomic mass is 32.1. The number of rotatable bonds is 7. The number of hydrogen-bond donors (Lipinski definition) is 0. The number of nitrogens with zero attached hydrogens (tertiary/aromatic N) is 3. The Morgan fingerprint density at radius 3 is 2.30 bits per heavy atom. The van der Waals surface area contributed by atoms with Gasteiger partial charge in [0.2, 0.25) is 0 Å². The fourth-order valence-corrected chi connectivity index (χ4v) is 6.53. The van der Waals surface area contributed by atoms with Gasteiger partial charge in [0.1, 0.15) is 16.9 Å². The molecule has 0 aliphatic carbocycles. The lowest BCUT2D eigenvalue weighted by Crippen LogP contribution is -2.41. The maximum Gasteiger partial charge on any atom is 0.338 e. The molecule has 1 amide bonds. The minimum absolute atomic E-state index is 0.0801. The highest BCUT2D eigenvalue weighted by molar-refractivity contribution is 7.07. The number of carbonyl (C=O) groups excluding carboxylic acids is 3. The summed E-state index contributed by atoms with van der Waals surface area (Å²) in [5.41, 5.74) is 2.00. The first-order valence-corrected chi connectivity index (χ1v) is 14.8. The van der Waals surface area contributed by atoms with Gasteiger partial charge in [-0.25, -0.2) is 14.2 Å². The van der Waals surface area contributed by atoms with Crippen LogP contribution in [0.1, 0.15) is 36.6 Å². The van der Waals surface area contributed by atoms with E-state index in [1.54, 1.807) is 62.4 Å². The van der Waals surface area contributed by atoms with E-state index in [0.717, 1.165) is 11.3 Å². The van der Waals surface area contributed by atoms with Gasteiger partial charge in [0.25, 0.3) is 11.5 Å². The van der Waals surface area contributed by atoms with Crippen molar-refractivity contribution >= 4 is 46.1 Å².